The molecule has 0 radical (unpaired) electrons. The zero-order chi connectivity index (χ0) is 23.3. The number of nitro benzene ring substituents is 2. The fourth-order valence-corrected chi connectivity index (χ4v) is 2.55. The summed E-state index contributed by atoms with van der Waals surface area (Å²) in [5.41, 5.74) is 1.33. The molecule has 0 aliphatic heterocycles. The van der Waals surface area contributed by atoms with Gasteiger partial charge in [0.05, 0.1) is 9.85 Å². The van der Waals surface area contributed by atoms with Gasteiger partial charge in [-0.05, 0) is 60.4 Å². The van der Waals surface area contributed by atoms with Crippen molar-refractivity contribution in [3.05, 3.63) is 92.0 Å². The molecule has 2 rings (SSSR count). The normalized spacial score (nSPS) is 10.9. The van der Waals surface area contributed by atoms with Crippen LogP contribution in [0.4, 0.5) is 11.4 Å². The number of nitro groups is 2. The molecule has 2 N–H and O–H groups in total. The summed E-state index contributed by atoms with van der Waals surface area (Å²) in [7, 11) is 0. The number of non-ortho nitro benzene ring substituents is 2. The van der Waals surface area contributed by atoms with Gasteiger partial charge in [-0.25, -0.2) is 0 Å². The van der Waals surface area contributed by atoms with Gasteiger partial charge >= 0.3 is 0 Å². The summed E-state index contributed by atoms with van der Waals surface area (Å²) < 4.78 is 0. The molecule has 0 spiro atoms. The van der Waals surface area contributed by atoms with Crippen LogP contribution in [0.2, 0.25) is 0 Å². The molecule has 2 aromatic rings. The van der Waals surface area contributed by atoms with Crippen molar-refractivity contribution in [2.45, 2.75) is 12.8 Å². The number of carbonyl (C=O) groups is 2. The van der Waals surface area contributed by atoms with Crippen LogP contribution in [0.1, 0.15) is 24.0 Å². The van der Waals surface area contributed by atoms with Gasteiger partial charge in [0.1, 0.15) is 0 Å². The minimum Gasteiger partial charge on any atom is -0.353 e. The Kier molecular flexibility index (Phi) is 9.26. The first-order valence-electron chi connectivity index (χ1n) is 9.76. The Morgan fingerprint density at radius 2 is 1.03 bits per heavy atom. The molecule has 0 saturated carbocycles. The van der Waals surface area contributed by atoms with E-state index in [9.17, 15) is 29.8 Å². The Morgan fingerprint density at radius 1 is 0.688 bits per heavy atom. The van der Waals surface area contributed by atoms with E-state index < -0.39 is 9.85 Å². The second-order valence-corrected chi connectivity index (χ2v) is 6.65. The summed E-state index contributed by atoms with van der Waals surface area (Å²) in [6, 6.07) is 11.7. The summed E-state index contributed by atoms with van der Waals surface area (Å²) in [6.07, 6.45) is 7.18. The lowest BCUT2D eigenvalue weighted by Gasteiger charge is -2.04. The van der Waals surface area contributed by atoms with Gasteiger partial charge < -0.3 is 10.6 Å². The van der Waals surface area contributed by atoms with Crippen LogP contribution in [0.3, 0.4) is 0 Å². The molecule has 0 aliphatic rings. The van der Waals surface area contributed by atoms with Crippen LogP contribution in [0, 0.1) is 20.2 Å². The van der Waals surface area contributed by atoms with Crippen LogP contribution in [-0.4, -0.2) is 34.8 Å². The van der Waals surface area contributed by atoms with Gasteiger partial charge in [0.15, 0.2) is 0 Å². The first-order chi connectivity index (χ1) is 15.3. The molecule has 0 bridgehead atoms. The minimum absolute atomic E-state index is 0.0134. The van der Waals surface area contributed by atoms with Gasteiger partial charge in [0.2, 0.25) is 11.8 Å². The number of benzene rings is 2. The minimum atomic E-state index is -0.488. The zero-order valence-electron chi connectivity index (χ0n) is 17.1. The van der Waals surface area contributed by atoms with E-state index in [1.807, 2.05) is 0 Å². The quantitative estimate of drug-likeness (QED) is 0.238. The molecule has 0 atom stereocenters. The summed E-state index contributed by atoms with van der Waals surface area (Å²) in [5.74, 6) is -0.558. The molecule has 2 aromatic carbocycles. The highest BCUT2D eigenvalue weighted by Gasteiger charge is 2.04. The second-order valence-electron chi connectivity index (χ2n) is 6.65. The summed E-state index contributed by atoms with van der Waals surface area (Å²) >= 11 is 0. The highest BCUT2D eigenvalue weighted by atomic mass is 16.6. The van der Waals surface area contributed by atoms with Gasteiger partial charge in [0.25, 0.3) is 11.4 Å². The van der Waals surface area contributed by atoms with Crippen molar-refractivity contribution in [2.75, 3.05) is 13.1 Å². The first-order valence-corrected chi connectivity index (χ1v) is 9.76. The van der Waals surface area contributed by atoms with Gasteiger partial charge in [-0.3, -0.25) is 29.8 Å². The third-order valence-corrected chi connectivity index (χ3v) is 4.26. The van der Waals surface area contributed by atoms with Crippen molar-refractivity contribution >= 4 is 35.3 Å². The zero-order valence-corrected chi connectivity index (χ0v) is 17.1. The summed E-state index contributed by atoms with van der Waals surface area (Å²) in [4.78, 5) is 43.8. The topological polar surface area (TPSA) is 144 Å². The molecule has 32 heavy (non-hydrogen) atoms. The average Bonchev–Trinajstić information content (AvgIpc) is 2.79. The van der Waals surface area contributed by atoms with E-state index in [0.29, 0.717) is 37.1 Å². The lowest BCUT2D eigenvalue weighted by atomic mass is 10.2. The molecule has 0 heterocycles. The Hall–Kier alpha value is -4.34. The predicted octanol–water partition coefficient (Wildman–Crippen LogP) is 3.24. The van der Waals surface area contributed by atoms with Gasteiger partial charge in [0, 0.05) is 49.5 Å². The number of amides is 2. The molecular weight excluding hydrogens is 416 g/mol. The second kappa shape index (κ2) is 12.4. The fraction of sp³-hybridized carbons (Fsp3) is 0.182. The lowest BCUT2D eigenvalue weighted by Crippen LogP contribution is -2.25. The molecule has 0 saturated heterocycles. The van der Waals surface area contributed by atoms with Crippen molar-refractivity contribution < 1.29 is 19.4 Å². The van der Waals surface area contributed by atoms with Crippen molar-refractivity contribution in [3.63, 3.8) is 0 Å². The maximum atomic E-state index is 11.8. The average molecular weight is 438 g/mol. The van der Waals surface area contributed by atoms with E-state index >= 15 is 0 Å². The Bertz CT molecular complexity index is 930. The van der Waals surface area contributed by atoms with E-state index in [1.165, 1.54) is 36.4 Å². The molecule has 0 aromatic heterocycles. The summed E-state index contributed by atoms with van der Waals surface area (Å²) in [6.45, 7) is 0.885. The maximum Gasteiger partial charge on any atom is 0.269 e. The standard InChI is InChI=1S/C22H22N4O6/c27-21(13-7-17-3-9-19(10-4-17)25(29)30)23-15-1-2-16-24-22(28)14-8-18-5-11-20(12-6-18)26(31)32/h3-14H,1-2,15-16H2,(H,23,27)(H,24,28)/b13-7+,14-8?. The highest BCUT2D eigenvalue weighted by Crippen LogP contribution is 2.13. The molecule has 0 aliphatic carbocycles. The Labute approximate surface area is 183 Å². The fourth-order valence-electron chi connectivity index (χ4n) is 2.55. The van der Waals surface area contributed by atoms with Crippen LogP contribution >= 0.6 is 0 Å². The van der Waals surface area contributed by atoms with Crippen molar-refractivity contribution in [3.8, 4) is 0 Å². The molecule has 10 nitrogen and oxygen atoms in total. The van der Waals surface area contributed by atoms with Gasteiger partial charge in [-0.1, -0.05) is 0 Å². The molecule has 166 valence electrons. The molecular formula is C22H22N4O6. The summed E-state index contributed by atoms with van der Waals surface area (Å²) in [5, 5.41) is 26.7. The number of nitrogens with one attached hydrogen (secondary N) is 2. The number of hydrogen-bond acceptors (Lipinski definition) is 6. The van der Waals surface area contributed by atoms with Crippen LogP contribution in [0.25, 0.3) is 12.2 Å². The van der Waals surface area contributed by atoms with Gasteiger partial charge in [-0.2, -0.15) is 0 Å². The third kappa shape index (κ3) is 8.57. The molecule has 2 amide bonds. The lowest BCUT2D eigenvalue weighted by molar-refractivity contribution is -0.385. The first kappa shape index (κ1) is 23.9. The maximum absolute atomic E-state index is 11.8. The molecule has 0 unspecified atom stereocenters. The third-order valence-electron chi connectivity index (χ3n) is 4.26. The number of hydrogen-bond donors (Lipinski definition) is 2. The number of rotatable bonds is 11. The van der Waals surface area contributed by atoms with Crippen molar-refractivity contribution in [1.29, 1.82) is 0 Å². The van der Waals surface area contributed by atoms with Crippen molar-refractivity contribution in [1.82, 2.24) is 10.6 Å². The molecule has 0 fully saturated rings. The monoisotopic (exact) mass is 438 g/mol. The van der Waals surface area contributed by atoms with E-state index in [-0.39, 0.29) is 23.2 Å². The van der Waals surface area contributed by atoms with Gasteiger partial charge in [-0.15, -0.1) is 0 Å². The highest BCUT2D eigenvalue weighted by molar-refractivity contribution is 5.92. The van der Waals surface area contributed by atoms with Crippen LogP contribution in [-0.2, 0) is 9.59 Å². The SMILES string of the molecule is O=C(C=Cc1ccc([N+](=O)[O-])cc1)NCCCCNC(=O)/C=C/c1ccc([N+](=O)[O-])cc1. The predicted molar refractivity (Wildman–Crippen MR) is 120 cm³/mol. The van der Waals surface area contributed by atoms with E-state index in [2.05, 4.69) is 10.6 Å². The smallest absolute Gasteiger partial charge is 0.269 e. The Morgan fingerprint density at radius 3 is 1.34 bits per heavy atom. The van der Waals surface area contributed by atoms with Crippen LogP contribution in [0.15, 0.2) is 60.7 Å². The molecule has 10 heteroatoms. The van der Waals surface area contributed by atoms with E-state index in [4.69, 9.17) is 0 Å². The van der Waals surface area contributed by atoms with E-state index in [0.717, 1.165) is 0 Å². The Balaban J connectivity index is 1.60. The largest absolute Gasteiger partial charge is 0.353 e. The van der Waals surface area contributed by atoms with Crippen LogP contribution < -0.4 is 10.6 Å². The number of nitrogens with zero attached hydrogens (tertiary/aromatic N) is 2. The number of unbranched alkanes of at least 4 members (excludes halogenated alkanes) is 1. The van der Waals surface area contributed by atoms with Crippen LogP contribution in [0.5, 0.6) is 0 Å². The van der Waals surface area contributed by atoms with Crippen molar-refractivity contribution in [2.24, 2.45) is 0 Å². The van der Waals surface area contributed by atoms with E-state index in [1.54, 1.807) is 36.4 Å². The number of carbonyl (C=O) groups excluding carboxylic acids is 2.